The van der Waals surface area contributed by atoms with E-state index in [1.165, 1.54) is 0 Å². The highest BCUT2D eigenvalue weighted by Crippen LogP contribution is 2.44. The van der Waals surface area contributed by atoms with Gasteiger partial charge in [0.25, 0.3) is 0 Å². The molecule has 2 aromatic carbocycles. The number of hydrogen-bond acceptors (Lipinski definition) is 7. The lowest BCUT2D eigenvalue weighted by molar-refractivity contribution is 0.261. The van der Waals surface area contributed by atoms with Crippen LogP contribution in [0.4, 0.5) is 5.69 Å². The van der Waals surface area contributed by atoms with Crippen LogP contribution >= 0.6 is 11.8 Å². The Kier molecular flexibility index (Phi) is 6.76. The number of likely N-dealkylation sites (N-methyl/N-ethyl adjacent to an activating group) is 1. The summed E-state index contributed by atoms with van der Waals surface area (Å²) >= 11 is 1.95. The average molecular weight is 475 g/mol. The van der Waals surface area contributed by atoms with Gasteiger partial charge in [0.05, 0.1) is 17.0 Å². The molecular weight excluding hydrogens is 444 g/mol. The SMILES string of the molecule is CN(C)CCOc1ccc(-c2oc3nccc(N(C)N4CCSC4)c3c2-c2ccccc2)cc1. The molecule has 176 valence electrons. The fraction of sp³-hybridized carbons (Fsp3) is 0.296. The molecule has 0 radical (unpaired) electrons. The number of ether oxygens (including phenoxy) is 1. The van der Waals surface area contributed by atoms with Gasteiger partial charge in [-0.2, -0.15) is 0 Å². The van der Waals surface area contributed by atoms with Gasteiger partial charge in [0.15, 0.2) is 0 Å². The predicted octanol–water partition coefficient (Wildman–Crippen LogP) is 5.46. The van der Waals surface area contributed by atoms with E-state index in [0.29, 0.717) is 12.3 Å². The molecule has 2 aromatic heterocycles. The predicted molar refractivity (Wildman–Crippen MR) is 141 cm³/mol. The van der Waals surface area contributed by atoms with Crippen molar-refractivity contribution >= 4 is 28.5 Å². The maximum Gasteiger partial charge on any atom is 0.229 e. The number of aromatic nitrogens is 1. The van der Waals surface area contributed by atoms with Crippen molar-refractivity contribution < 1.29 is 9.15 Å². The van der Waals surface area contributed by atoms with Gasteiger partial charge in [0, 0.05) is 43.2 Å². The molecule has 0 spiro atoms. The summed E-state index contributed by atoms with van der Waals surface area (Å²) in [6.07, 6.45) is 1.83. The van der Waals surface area contributed by atoms with Gasteiger partial charge in [-0.05, 0) is 50.0 Å². The molecule has 0 N–H and O–H groups in total. The third-order valence-corrected chi connectivity index (χ3v) is 7.02. The van der Waals surface area contributed by atoms with Gasteiger partial charge in [-0.1, -0.05) is 30.3 Å². The number of fused-ring (bicyclic) bond motifs is 1. The molecule has 0 bridgehead atoms. The molecule has 1 saturated heterocycles. The van der Waals surface area contributed by atoms with E-state index in [4.69, 9.17) is 9.15 Å². The highest BCUT2D eigenvalue weighted by atomic mass is 32.2. The molecule has 34 heavy (non-hydrogen) atoms. The van der Waals surface area contributed by atoms with Crippen LogP contribution in [0.5, 0.6) is 5.75 Å². The van der Waals surface area contributed by atoms with Gasteiger partial charge in [-0.25, -0.2) is 9.99 Å². The Balaban J connectivity index is 1.59. The number of pyridine rings is 1. The molecule has 7 heteroatoms. The number of nitrogens with zero attached hydrogens (tertiary/aromatic N) is 4. The second-order valence-corrected chi connectivity index (χ2v) is 9.72. The lowest BCUT2D eigenvalue weighted by atomic mass is 9.98. The first-order valence-electron chi connectivity index (χ1n) is 11.5. The molecule has 3 heterocycles. The minimum Gasteiger partial charge on any atom is -0.492 e. The second kappa shape index (κ2) is 10.1. The number of benzene rings is 2. The Morgan fingerprint density at radius 2 is 1.79 bits per heavy atom. The number of anilines is 1. The minimum atomic E-state index is 0.649. The first kappa shape index (κ1) is 22.8. The molecule has 0 unspecified atom stereocenters. The van der Waals surface area contributed by atoms with Crippen LogP contribution < -0.4 is 9.75 Å². The summed E-state index contributed by atoms with van der Waals surface area (Å²) in [7, 11) is 6.21. The van der Waals surface area contributed by atoms with Crippen molar-refractivity contribution in [3.8, 4) is 28.2 Å². The van der Waals surface area contributed by atoms with Crippen LogP contribution in [0.25, 0.3) is 33.6 Å². The summed E-state index contributed by atoms with van der Waals surface area (Å²) in [5.41, 5.74) is 4.93. The van der Waals surface area contributed by atoms with E-state index in [-0.39, 0.29) is 0 Å². The molecule has 6 nitrogen and oxygen atoms in total. The minimum absolute atomic E-state index is 0.649. The number of rotatable bonds is 8. The standard InChI is InChI=1S/C27H30N4O2S/c1-29(2)15-17-32-22-11-9-21(10-12-22)26-24(20-7-5-4-6-8-20)25-23(13-14-28-27(25)33-26)30(3)31-16-18-34-19-31/h4-14H,15-19H2,1-3H3. The van der Waals surface area contributed by atoms with Crippen LogP contribution in [-0.4, -0.2) is 67.4 Å². The zero-order chi connectivity index (χ0) is 23.5. The van der Waals surface area contributed by atoms with Crippen LogP contribution in [0, 0.1) is 0 Å². The lowest BCUT2D eigenvalue weighted by Gasteiger charge is -2.29. The van der Waals surface area contributed by atoms with Crippen LogP contribution in [0.15, 0.2) is 71.3 Å². The lowest BCUT2D eigenvalue weighted by Crippen LogP contribution is -2.37. The van der Waals surface area contributed by atoms with Gasteiger partial charge in [0.2, 0.25) is 5.71 Å². The summed E-state index contributed by atoms with van der Waals surface area (Å²) in [6, 6.07) is 20.7. The normalized spacial score (nSPS) is 14.2. The summed E-state index contributed by atoms with van der Waals surface area (Å²) in [4.78, 5) is 6.72. The number of hydrogen-bond donors (Lipinski definition) is 0. The number of thioether (sulfide) groups is 1. The molecule has 0 saturated carbocycles. The highest BCUT2D eigenvalue weighted by molar-refractivity contribution is 7.99. The van der Waals surface area contributed by atoms with E-state index >= 15 is 0 Å². The largest absolute Gasteiger partial charge is 0.492 e. The van der Waals surface area contributed by atoms with E-state index in [0.717, 1.165) is 64.0 Å². The fourth-order valence-corrected chi connectivity index (χ4v) is 5.18. The van der Waals surface area contributed by atoms with Crippen molar-refractivity contribution in [2.24, 2.45) is 0 Å². The Hall–Kier alpha value is -3.00. The molecule has 1 aliphatic rings. The maximum absolute atomic E-state index is 6.44. The van der Waals surface area contributed by atoms with Crippen molar-refractivity contribution in [1.29, 1.82) is 0 Å². The topological polar surface area (TPSA) is 45.0 Å². The Morgan fingerprint density at radius 3 is 2.50 bits per heavy atom. The van der Waals surface area contributed by atoms with Crippen LogP contribution in [0.2, 0.25) is 0 Å². The molecule has 4 aromatic rings. The molecule has 1 fully saturated rings. The van der Waals surface area contributed by atoms with E-state index in [2.05, 4.69) is 69.4 Å². The van der Waals surface area contributed by atoms with Crippen molar-refractivity contribution in [1.82, 2.24) is 14.9 Å². The van der Waals surface area contributed by atoms with E-state index < -0.39 is 0 Å². The van der Waals surface area contributed by atoms with Gasteiger partial charge < -0.3 is 19.1 Å². The Bertz CT molecular complexity index is 1230. The molecule has 0 amide bonds. The molecule has 0 atom stereocenters. The summed E-state index contributed by atoms with van der Waals surface area (Å²) < 4.78 is 12.3. The molecule has 0 aliphatic carbocycles. The van der Waals surface area contributed by atoms with E-state index in [1.54, 1.807) is 0 Å². The van der Waals surface area contributed by atoms with Gasteiger partial charge in [0.1, 0.15) is 18.1 Å². The van der Waals surface area contributed by atoms with Crippen LogP contribution in [0.1, 0.15) is 0 Å². The van der Waals surface area contributed by atoms with Crippen molar-refractivity contribution in [3.05, 3.63) is 66.9 Å². The number of furan rings is 1. The van der Waals surface area contributed by atoms with E-state index in [9.17, 15) is 0 Å². The zero-order valence-corrected chi connectivity index (χ0v) is 20.7. The average Bonchev–Trinajstić information content (AvgIpc) is 3.53. The van der Waals surface area contributed by atoms with E-state index in [1.807, 2.05) is 50.3 Å². The smallest absolute Gasteiger partial charge is 0.229 e. The fourth-order valence-electron chi connectivity index (χ4n) is 4.20. The maximum atomic E-state index is 6.44. The van der Waals surface area contributed by atoms with Crippen LogP contribution in [-0.2, 0) is 0 Å². The first-order chi connectivity index (χ1) is 16.6. The highest BCUT2D eigenvalue weighted by Gasteiger charge is 2.25. The van der Waals surface area contributed by atoms with Gasteiger partial charge >= 0.3 is 0 Å². The van der Waals surface area contributed by atoms with Gasteiger partial charge in [-0.15, -0.1) is 11.8 Å². The van der Waals surface area contributed by atoms with Crippen molar-refractivity contribution in [2.75, 3.05) is 57.5 Å². The third kappa shape index (κ3) is 4.64. The molecule has 1 aliphatic heterocycles. The Labute approximate surface area is 205 Å². The molecular formula is C27H30N4O2S. The zero-order valence-electron chi connectivity index (χ0n) is 19.9. The second-order valence-electron chi connectivity index (χ2n) is 8.65. The van der Waals surface area contributed by atoms with Crippen molar-refractivity contribution in [2.45, 2.75) is 0 Å². The van der Waals surface area contributed by atoms with Crippen LogP contribution in [0.3, 0.4) is 0 Å². The summed E-state index contributed by atoms with van der Waals surface area (Å²) in [5.74, 6) is 3.81. The quantitative estimate of drug-likeness (QED) is 0.336. The summed E-state index contributed by atoms with van der Waals surface area (Å²) in [6.45, 7) is 2.56. The van der Waals surface area contributed by atoms with Crippen molar-refractivity contribution in [3.63, 3.8) is 0 Å². The third-order valence-electron chi connectivity index (χ3n) is 6.06. The molecule has 5 rings (SSSR count). The Morgan fingerprint density at radius 1 is 1.00 bits per heavy atom. The monoisotopic (exact) mass is 474 g/mol. The number of hydrazine groups is 1. The first-order valence-corrected chi connectivity index (χ1v) is 12.7. The summed E-state index contributed by atoms with van der Waals surface area (Å²) in [5, 5.41) is 5.65. The van der Waals surface area contributed by atoms with Gasteiger partial charge in [-0.3, -0.25) is 0 Å².